The third kappa shape index (κ3) is 5.43. The Morgan fingerprint density at radius 2 is 2.16 bits per heavy atom. The molecule has 2 unspecified atom stereocenters. The van der Waals surface area contributed by atoms with Crippen molar-refractivity contribution in [2.24, 2.45) is 0 Å². The molecular weight excluding hydrogens is 256 g/mol. The summed E-state index contributed by atoms with van der Waals surface area (Å²) in [4.78, 5) is 2.51. The van der Waals surface area contributed by atoms with E-state index in [-0.39, 0.29) is 0 Å². The molecule has 1 aromatic rings. The highest BCUT2D eigenvalue weighted by Crippen LogP contribution is 2.13. The predicted molar refractivity (Wildman–Crippen MR) is 81.7 cm³/mol. The topological polar surface area (TPSA) is 32.3 Å². The van der Waals surface area contributed by atoms with E-state index < -0.39 is 10.8 Å². The summed E-state index contributed by atoms with van der Waals surface area (Å²) < 4.78 is 11.1. The van der Waals surface area contributed by atoms with Crippen molar-refractivity contribution in [3.05, 3.63) is 35.9 Å². The lowest BCUT2D eigenvalue weighted by Crippen LogP contribution is -2.46. The van der Waals surface area contributed by atoms with Crippen LogP contribution < -0.4 is 5.32 Å². The molecule has 2 rings (SSSR count). The number of nitrogens with zero attached hydrogens (tertiary/aromatic N) is 1. The van der Waals surface area contributed by atoms with Crippen LogP contribution in [0, 0.1) is 0 Å². The number of rotatable bonds is 6. The molecule has 0 amide bonds. The molecule has 1 aromatic carbocycles. The first-order chi connectivity index (χ1) is 9.24. The van der Waals surface area contributed by atoms with Crippen LogP contribution in [0.25, 0.3) is 0 Å². The molecule has 19 heavy (non-hydrogen) atoms. The van der Waals surface area contributed by atoms with Gasteiger partial charge in [0.15, 0.2) is 0 Å². The second-order valence-electron chi connectivity index (χ2n) is 5.29. The van der Waals surface area contributed by atoms with Crippen molar-refractivity contribution in [2.75, 3.05) is 31.6 Å². The van der Waals surface area contributed by atoms with Crippen LogP contribution in [0.5, 0.6) is 0 Å². The molecule has 1 N–H and O–H groups in total. The van der Waals surface area contributed by atoms with E-state index in [2.05, 4.69) is 40.5 Å². The van der Waals surface area contributed by atoms with E-state index in [4.69, 9.17) is 0 Å². The maximum absolute atomic E-state index is 11.1. The lowest BCUT2D eigenvalue weighted by molar-refractivity contribution is 0.185. The summed E-state index contributed by atoms with van der Waals surface area (Å²) in [5.41, 5.74) is 1.39. The number of benzene rings is 1. The molecule has 1 saturated heterocycles. The van der Waals surface area contributed by atoms with E-state index in [0.29, 0.717) is 6.04 Å². The Kier molecular flexibility index (Phi) is 6.01. The molecule has 0 saturated carbocycles. The number of piperidine rings is 1. The molecule has 0 radical (unpaired) electrons. The summed E-state index contributed by atoms with van der Waals surface area (Å²) in [6, 6.07) is 11.2. The Morgan fingerprint density at radius 3 is 2.89 bits per heavy atom. The molecule has 4 heteroatoms. The van der Waals surface area contributed by atoms with Gasteiger partial charge in [-0.15, -0.1) is 0 Å². The molecule has 0 aromatic heterocycles. The zero-order chi connectivity index (χ0) is 13.5. The SMILES string of the molecule is CS(=O)CCNC1CCCN(Cc2ccccc2)C1. The molecular formula is C15H24N2OS. The van der Waals surface area contributed by atoms with Gasteiger partial charge >= 0.3 is 0 Å². The largest absolute Gasteiger partial charge is 0.312 e. The monoisotopic (exact) mass is 280 g/mol. The Morgan fingerprint density at radius 1 is 1.37 bits per heavy atom. The van der Waals surface area contributed by atoms with Gasteiger partial charge in [-0.25, -0.2) is 0 Å². The van der Waals surface area contributed by atoms with Crippen LogP contribution in [-0.4, -0.2) is 46.8 Å². The summed E-state index contributed by atoms with van der Waals surface area (Å²) in [7, 11) is -0.686. The Labute approximate surface area is 118 Å². The molecule has 3 nitrogen and oxygen atoms in total. The van der Waals surface area contributed by atoms with Gasteiger partial charge in [0.25, 0.3) is 0 Å². The van der Waals surface area contributed by atoms with Crippen LogP contribution in [0.15, 0.2) is 30.3 Å². The van der Waals surface area contributed by atoms with Gasteiger partial charge in [-0.1, -0.05) is 30.3 Å². The fourth-order valence-electron chi connectivity index (χ4n) is 2.61. The van der Waals surface area contributed by atoms with E-state index in [1.165, 1.54) is 24.9 Å². The Bertz CT molecular complexity index is 396. The van der Waals surface area contributed by atoms with Crippen molar-refractivity contribution in [3.63, 3.8) is 0 Å². The van der Waals surface area contributed by atoms with Crippen molar-refractivity contribution in [3.8, 4) is 0 Å². The van der Waals surface area contributed by atoms with Crippen LogP contribution in [0.4, 0.5) is 0 Å². The molecule has 106 valence electrons. The standard InChI is InChI=1S/C15H24N2OS/c1-19(18)11-9-16-15-8-5-10-17(13-15)12-14-6-3-2-4-7-14/h2-4,6-7,15-16H,5,8-13H2,1H3. The van der Waals surface area contributed by atoms with E-state index in [0.717, 1.165) is 25.4 Å². The number of hydrogen-bond donors (Lipinski definition) is 1. The molecule has 0 aliphatic carbocycles. The lowest BCUT2D eigenvalue weighted by atomic mass is 10.0. The number of hydrogen-bond acceptors (Lipinski definition) is 3. The first kappa shape index (κ1) is 14.7. The average Bonchev–Trinajstić information content (AvgIpc) is 2.40. The van der Waals surface area contributed by atoms with E-state index >= 15 is 0 Å². The van der Waals surface area contributed by atoms with Crippen LogP contribution in [0.2, 0.25) is 0 Å². The van der Waals surface area contributed by atoms with E-state index in [1.807, 2.05) is 0 Å². The minimum atomic E-state index is -0.686. The normalized spacial score (nSPS) is 22.3. The highest BCUT2D eigenvalue weighted by atomic mass is 32.2. The van der Waals surface area contributed by atoms with Crippen molar-refractivity contribution < 1.29 is 4.21 Å². The highest BCUT2D eigenvalue weighted by molar-refractivity contribution is 7.84. The van der Waals surface area contributed by atoms with Gasteiger partial charge in [0.05, 0.1) is 0 Å². The van der Waals surface area contributed by atoms with Gasteiger partial charge in [-0.2, -0.15) is 0 Å². The maximum atomic E-state index is 11.1. The maximum Gasteiger partial charge on any atom is 0.0357 e. The highest BCUT2D eigenvalue weighted by Gasteiger charge is 2.19. The smallest absolute Gasteiger partial charge is 0.0357 e. The average molecular weight is 280 g/mol. The molecule has 0 spiro atoms. The van der Waals surface area contributed by atoms with E-state index in [9.17, 15) is 4.21 Å². The zero-order valence-corrected chi connectivity index (χ0v) is 12.5. The predicted octanol–water partition coefficient (Wildman–Crippen LogP) is 1.62. The third-order valence-corrected chi connectivity index (χ3v) is 4.36. The first-order valence-corrected chi connectivity index (χ1v) is 8.76. The third-order valence-electron chi connectivity index (χ3n) is 3.58. The zero-order valence-electron chi connectivity index (χ0n) is 11.7. The van der Waals surface area contributed by atoms with Gasteiger partial charge in [0.1, 0.15) is 0 Å². The second kappa shape index (κ2) is 7.78. The summed E-state index contributed by atoms with van der Waals surface area (Å²) in [5, 5.41) is 3.53. The van der Waals surface area contributed by atoms with Crippen molar-refractivity contribution >= 4 is 10.8 Å². The van der Waals surface area contributed by atoms with Gasteiger partial charge < -0.3 is 5.32 Å². The number of likely N-dealkylation sites (tertiary alicyclic amines) is 1. The van der Waals surface area contributed by atoms with E-state index in [1.54, 1.807) is 6.26 Å². The minimum absolute atomic E-state index is 0.556. The molecule has 1 heterocycles. The van der Waals surface area contributed by atoms with Crippen LogP contribution in [-0.2, 0) is 17.3 Å². The summed E-state index contributed by atoms with van der Waals surface area (Å²) in [6.07, 6.45) is 4.26. The molecule has 1 aliphatic rings. The first-order valence-electron chi connectivity index (χ1n) is 7.04. The van der Waals surface area contributed by atoms with Gasteiger partial charge in [0.2, 0.25) is 0 Å². The minimum Gasteiger partial charge on any atom is -0.312 e. The van der Waals surface area contributed by atoms with Crippen molar-refractivity contribution in [1.82, 2.24) is 10.2 Å². The fourth-order valence-corrected chi connectivity index (χ4v) is 3.02. The van der Waals surface area contributed by atoms with Gasteiger partial charge in [0, 0.05) is 48.5 Å². The molecule has 1 aliphatic heterocycles. The molecule has 1 fully saturated rings. The molecule has 2 atom stereocenters. The Hall–Kier alpha value is -0.710. The summed E-state index contributed by atoms with van der Waals surface area (Å²) >= 11 is 0. The van der Waals surface area contributed by atoms with Crippen molar-refractivity contribution in [2.45, 2.75) is 25.4 Å². The van der Waals surface area contributed by atoms with Gasteiger partial charge in [-0.3, -0.25) is 9.11 Å². The fraction of sp³-hybridized carbons (Fsp3) is 0.600. The Balaban J connectivity index is 1.75. The van der Waals surface area contributed by atoms with Crippen LogP contribution in [0.1, 0.15) is 18.4 Å². The van der Waals surface area contributed by atoms with Crippen LogP contribution in [0.3, 0.4) is 0 Å². The summed E-state index contributed by atoms with van der Waals surface area (Å²) in [6.45, 7) is 4.20. The molecule has 0 bridgehead atoms. The quantitative estimate of drug-likeness (QED) is 0.859. The van der Waals surface area contributed by atoms with Crippen molar-refractivity contribution in [1.29, 1.82) is 0 Å². The second-order valence-corrected chi connectivity index (χ2v) is 6.85. The summed E-state index contributed by atoms with van der Waals surface area (Å²) in [5.74, 6) is 0.759. The number of nitrogens with one attached hydrogen (secondary N) is 1. The van der Waals surface area contributed by atoms with Gasteiger partial charge in [-0.05, 0) is 24.9 Å². The van der Waals surface area contributed by atoms with Crippen LogP contribution >= 0.6 is 0 Å². The lowest BCUT2D eigenvalue weighted by Gasteiger charge is -2.33.